The lowest BCUT2D eigenvalue weighted by Gasteiger charge is -2.32. The Kier molecular flexibility index (Phi) is 3.34. The number of hydrogen-bond donors (Lipinski definition) is 0. The van der Waals surface area contributed by atoms with Crippen molar-refractivity contribution in [1.29, 1.82) is 0 Å². The van der Waals surface area contributed by atoms with Crippen molar-refractivity contribution < 1.29 is 14.1 Å². The van der Waals surface area contributed by atoms with Crippen LogP contribution in [0.3, 0.4) is 0 Å². The quantitative estimate of drug-likeness (QED) is 0.601. The first kappa shape index (κ1) is 13.3. The van der Waals surface area contributed by atoms with Gasteiger partial charge in [0.2, 0.25) is 0 Å². The Morgan fingerprint density at radius 3 is 2.33 bits per heavy atom. The molecule has 0 N–H and O–H groups in total. The third-order valence-corrected chi connectivity index (χ3v) is 3.80. The summed E-state index contributed by atoms with van der Waals surface area (Å²) in [7, 11) is -0.360. The standard InChI is InChI=1S/C14H19BO3/c1-13(2)14(3,4)18-15(17-13)12-7-5-6-11(10-12)8-9-16/h5-7,9-10H,8H2,1-4H3. The van der Waals surface area contributed by atoms with E-state index in [4.69, 9.17) is 9.31 Å². The maximum atomic E-state index is 10.6. The molecule has 1 saturated heterocycles. The van der Waals surface area contributed by atoms with E-state index in [0.717, 1.165) is 17.3 Å². The van der Waals surface area contributed by atoms with Gasteiger partial charge in [0, 0.05) is 6.42 Å². The molecule has 1 heterocycles. The lowest BCUT2D eigenvalue weighted by atomic mass is 9.78. The van der Waals surface area contributed by atoms with E-state index in [1.54, 1.807) is 0 Å². The highest BCUT2D eigenvalue weighted by Crippen LogP contribution is 2.36. The minimum Gasteiger partial charge on any atom is -0.399 e. The zero-order chi connectivity index (χ0) is 13.4. The fraction of sp³-hybridized carbons (Fsp3) is 0.500. The molecular weight excluding hydrogens is 227 g/mol. The minimum atomic E-state index is -0.360. The number of carbonyl (C=O) groups is 1. The van der Waals surface area contributed by atoms with Crippen LogP contribution < -0.4 is 5.46 Å². The largest absolute Gasteiger partial charge is 0.494 e. The van der Waals surface area contributed by atoms with Crippen molar-refractivity contribution in [2.75, 3.05) is 0 Å². The van der Waals surface area contributed by atoms with Gasteiger partial charge < -0.3 is 14.1 Å². The molecule has 1 aromatic rings. The van der Waals surface area contributed by atoms with Crippen molar-refractivity contribution in [1.82, 2.24) is 0 Å². The smallest absolute Gasteiger partial charge is 0.399 e. The maximum absolute atomic E-state index is 10.6. The van der Waals surface area contributed by atoms with E-state index in [1.165, 1.54) is 0 Å². The molecule has 0 unspecified atom stereocenters. The Morgan fingerprint density at radius 2 is 1.78 bits per heavy atom. The van der Waals surface area contributed by atoms with Crippen LogP contribution in [0.4, 0.5) is 0 Å². The summed E-state index contributed by atoms with van der Waals surface area (Å²) in [5, 5.41) is 0. The highest BCUT2D eigenvalue weighted by atomic mass is 16.7. The molecule has 0 aliphatic carbocycles. The monoisotopic (exact) mass is 246 g/mol. The molecule has 1 aliphatic heterocycles. The van der Waals surface area contributed by atoms with E-state index < -0.39 is 0 Å². The zero-order valence-electron chi connectivity index (χ0n) is 11.4. The molecule has 0 radical (unpaired) electrons. The summed E-state index contributed by atoms with van der Waals surface area (Å²) in [5.74, 6) is 0. The number of aldehydes is 1. The Morgan fingerprint density at radius 1 is 1.17 bits per heavy atom. The first-order valence-corrected chi connectivity index (χ1v) is 6.24. The number of hydrogen-bond acceptors (Lipinski definition) is 3. The summed E-state index contributed by atoms with van der Waals surface area (Å²) < 4.78 is 11.9. The summed E-state index contributed by atoms with van der Waals surface area (Å²) >= 11 is 0. The predicted molar refractivity (Wildman–Crippen MR) is 71.9 cm³/mol. The number of rotatable bonds is 3. The van der Waals surface area contributed by atoms with Crippen LogP contribution in [-0.4, -0.2) is 24.6 Å². The third kappa shape index (κ3) is 2.35. The molecule has 3 nitrogen and oxygen atoms in total. The van der Waals surface area contributed by atoms with E-state index in [9.17, 15) is 4.79 Å². The van der Waals surface area contributed by atoms with Crippen molar-refractivity contribution in [2.45, 2.75) is 45.3 Å². The zero-order valence-corrected chi connectivity index (χ0v) is 11.4. The van der Waals surface area contributed by atoms with Gasteiger partial charge in [-0.15, -0.1) is 0 Å². The second-order valence-electron chi connectivity index (χ2n) is 5.70. The van der Waals surface area contributed by atoms with Crippen LogP contribution in [-0.2, 0) is 20.5 Å². The second kappa shape index (κ2) is 4.52. The van der Waals surface area contributed by atoms with E-state index >= 15 is 0 Å². The predicted octanol–water partition coefficient (Wildman–Crippen LogP) is 1.73. The molecule has 1 aliphatic rings. The normalized spacial score (nSPS) is 21.0. The molecule has 96 valence electrons. The lowest BCUT2D eigenvalue weighted by molar-refractivity contribution is -0.107. The van der Waals surface area contributed by atoms with Gasteiger partial charge in [0.1, 0.15) is 6.29 Å². The molecule has 0 bridgehead atoms. The van der Waals surface area contributed by atoms with Crippen LogP contribution in [0.1, 0.15) is 33.3 Å². The van der Waals surface area contributed by atoms with Crippen molar-refractivity contribution in [3.8, 4) is 0 Å². The first-order valence-electron chi connectivity index (χ1n) is 6.24. The van der Waals surface area contributed by atoms with Gasteiger partial charge in [0.05, 0.1) is 11.2 Å². The topological polar surface area (TPSA) is 35.5 Å². The summed E-state index contributed by atoms with van der Waals surface area (Å²) in [6, 6.07) is 7.80. The third-order valence-electron chi connectivity index (χ3n) is 3.80. The van der Waals surface area contributed by atoms with Crippen molar-refractivity contribution >= 4 is 18.9 Å². The van der Waals surface area contributed by atoms with Gasteiger partial charge in [-0.2, -0.15) is 0 Å². The number of carbonyl (C=O) groups excluding carboxylic acids is 1. The van der Waals surface area contributed by atoms with Crippen molar-refractivity contribution in [3.05, 3.63) is 29.8 Å². The highest BCUT2D eigenvalue weighted by molar-refractivity contribution is 6.62. The molecule has 0 saturated carbocycles. The Balaban J connectivity index is 2.24. The maximum Gasteiger partial charge on any atom is 0.494 e. The van der Waals surface area contributed by atoms with Gasteiger partial charge in [-0.1, -0.05) is 24.3 Å². The molecule has 0 aromatic heterocycles. The van der Waals surface area contributed by atoms with Gasteiger partial charge >= 0.3 is 7.12 Å². The highest BCUT2D eigenvalue weighted by Gasteiger charge is 2.51. The average Bonchev–Trinajstić information content (AvgIpc) is 2.49. The average molecular weight is 246 g/mol. The minimum absolute atomic E-state index is 0.335. The van der Waals surface area contributed by atoms with Gasteiger partial charge in [0.25, 0.3) is 0 Å². The Bertz CT molecular complexity index is 438. The molecule has 4 heteroatoms. The molecule has 18 heavy (non-hydrogen) atoms. The fourth-order valence-corrected chi connectivity index (χ4v) is 1.94. The van der Waals surface area contributed by atoms with E-state index in [0.29, 0.717) is 6.42 Å². The Labute approximate surface area is 109 Å². The van der Waals surface area contributed by atoms with Crippen LogP contribution in [0, 0.1) is 0 Å². The molecule has 1 aromatic carbocycles. The van der Waals surface area contributed by atoms with Crippen LogP contribution >= 0.6 is 0 Å². The van der Waals surface area contributed by atoms with Gasteiger partial charge in [-0.05, 0) is 38.7 Å². The Hall–Kier alpha value is -1.13. The van der Waals surface area contributed by atoms with Crippen LogP contribution in [0.2, 0.25) is 0 Å². The molecule has 0 spiro atoms. The van der Waals surface area contributed by atoms with Crippen LogP contribution in [0.15, 0.2) is 24.3 Å². The van der Waals surface area contributed by atoms with E-state index in [1.807, 2.05) is 52.0 Å². The summed E-state index contributed by atoms with van der Waals surface area (Å²) in [6.45, 7) is 8.12. The van der Waals surface area contributed by atoms with Gasteiger partial charge in [-0.25, -0.2) is 0 Å². The summed E-state index contributed by atoms with van der Waals surface area (Å²) in [6.07, 6.45) is 1.33. The molecule has 0 amide bonds. The first-order chi connectivity index (χ1) is 8.36. The SMILES string of the molecule is CC1(C)OB(c2cccc(CC=O)c2)OC1(C)C. The lowest BCUT2D eigenvalue weighted by Crippen LogP contribution is -2.41. The summed E-state index contributed by atoms with van der Waals surface area (Å²) in [5.41, 5.74) is 1.28. The van der Waals surface area contributed by atoms with E-state index in [-0.39, 0.29) is 18.3 Å². The van der Waals surface area contributed by atoms with Crippen molar-refractivity contribution in [3.63, 3.8) is 0 Å². The fourth-order valence-electron chi connectivity index (χ4n) is 1.94. The molecule has 2 rings (SSSR count). The molecule has 0 atom stereocenters. The van der Waals surface area contributed by atoms with E-state index in [2.05, 4.69) is 0 Å². The van der Waals surface area contributed by atoms with Crippen molar-refractivity contribution in [2.24, 2.45) is 0 Å². The summed E-state index contributed by atoms with van der Waals surface area (Å²) in [4.78, 5) is 10.6. The van der Waals surface area contributed by atoms with Gasteiger partial charge in [-0.3, -0.25) is 0 Å². The molecular formula is C14H19BO3. The second-order valence-corrected chi connectivity index (χ2v) is 5.70. The molecule has 1 fully saturated rings. The van der Waals surface area contributed by atoms with Gasteiger partial charge in [0.15, 0.2) is 0 Å². The number of benzene rings is 1. The van der Waals surface area contributed by atoms with Crippen LogP contribution in [0.5, 0.6) is 0 Å². The van der Waals surface area contributed by atoms with Crippen LogP contribution in [0.25, 0.3) is 0 Å².